The second-order valence-corrected chi connectivity index (χ2v) is 7.83. The highest BCUT2D eigenvalue weighted by atomic mass is 16.6. The third kappa shape index (κ3) is 4.16. The minimum absolute atomic E-state index is 0.195. The molecule has 4 rings (SSSR count). The van der Waals surface area contributed by atoms with Crippen molar-refractivity contribution in [2.45, 2.75) is 45.2 Å². The highest BCUT2D eigenvalue weighted by molar-refractivity contribution is 5.99. The fraction of sp³-hybridized carbons (Fsp3) is 0.364. The summed E-state index contributed by atoms with van der Waals surface area (Å²) in [5.41, 5.74) is 1.45. The van der Waals surface area contributed by atoms with Crippen LogP contribution in [0.25, 0.3) is 11.4 Å². The van der Waals surface area contributed by atoms with Gasteiger partial charge in [0, 0.05) is 24.5 Å². The normalized spacial score (nSPS) is 18.6. The summed E-state index contributed by atoms with van der Waals surface area (Å²) in [6.45, 7) is 4.25. The van der Waals surface area contributed by atoms with Crippen LogP contribution in [0, 0.1) is 6.92 Å². The van der Waals surface area contributed by atoms with Crippen LogP contribution in [0.1, 0.15) is 47.9 Å². The van der Waals surface area contributed by atoms with E-state index in [0.717, 1.165) is 18.4 Å². The van der Waals surface area contributed by atoms with Gasteiger partial charge in [0.25, 0.3) is 5.91 Å². The molecule has 0 spiro atoms. The molecule has 0 radical (unpaired) electrons. The van der Waals surface area contributed by atoms with Crippen molar-refractivity contribution in [3.05, 3.63) is 59.7 Å². The molecule has 3 aromatic rings. The molecule has 0 saturated carbocycles. The van der Waals surface area contributed by atoms with E-state index in [1.165, 1.54) is 12.4 Å². The lowest BCUT2D eigenvalue weighted by Gasteiger charge is -2.43. The van der Waals surface area contributed by atoms with Crippen LogP contribution in [0.15, 0.2) is 47.4 Å². The van der Waals surface area contributed by atoms with Crippen LogP contribution in [-0.4, -0.2) is 49.1 Å². The van der Waals surface area contributed by atoms with Crippen molar-refractivity contribution in [3.63, 3.8) is 0 Å². The third-order valence-corrected chi connectivity index (χ3v) is 5.72. The molecule has 2 amide bonds. The van der Waals surface area contributed by atoms with Crippen LogP contribution in [-0.2, 0) is 11.3 Å². The van der Waals surface area contributed by atoms with E-state index in [4.69, 9.17) is 0 Å². The zero-order valence-corrected chi connectivity index (χ0v) is 17.5. The van der Waals surface area contributed by atoms with Crippen LogP contribution in [0.4, 0.5) is 0 Å². The van der Waals surface area contributed by atoms with Gasteiger partial charge in [0.2, 0.25) is 5.91 Å². The van der Waals surface area contributed by atoms with E-state index in [1.807, 2.05) is 30.3 Å². The second-order valence-electron chi connectivity index (χ2n) is 7.83. The molecule has 1 N–H and O–H groups in total. The van der Waals surface area contributed by atoms with Crippen LogP contribution in [0.2, 0.25) is 0 Å². The lowest BCUT2D eigenvalue weighted by atomic mass is 9.86. The number of piperidine rings is 1. The average Bonchev–Trinajstić information content (AvgIpc) is 3.22. The summed E-state index contributed by atoms with van der Waals surface area (Å²) in [4.78, 5) is 36.7. The number of carbonyl (C=O) groups excluding carboxylic acids is 2. The van der Waals surface area contributed by atoms with Gasteiger partial charge in [0.05, 0.1) is 12.1 Å². The first-order chi connectivity index (χ1) is 15.0. The Hall–Kier alpha value is -3.62. The maximum Gasteiger partial charge on any atom is 0.257 e. The maximum atomic E-state index is 13.3. The smallest absolute Gasteiger partial charge is 0.257 e. The quantitative estimate of drug-likeness (QED) is 0.674. The zero-order valence-electron chi connectivity index (χ0n) is 17.5. The van der Waals surface area contributed by atoms with Gasteiger partial charge >= 0.3 is 0 Å². The summed E-state index contributed by atoms with van der Waals surface area (Å²) < 4.78 is 4.68. The Morgan fingerprint density at radius 3 is 2.55 bits per heavy atom. The molecule has 1 fully saturated rings. The predicted octanol–water partition coefficient (Wildman–Crippen LogP) is 2.54. The van der Waals surface area contributed by atoms with E-state index in [-0.39, 0.29) is 18.4 Å². The summed E-state index contributed by atoms with van der Waals surface area (Å²) in [5.74, 6) is 0.0638. The molecular formula is C22H24N6O3. The van der Waals surface area contributed by atoms with Crippen LogP contribution in [0.5, 0.6) is 0 Å². The van der Waals surface area contributed by atoms with Crippen molar-refractivity contribution in [1.82, 2.24) is 30.5 Å². The predicted molar refractivity (Wildman–Crippen MR) is 112 cm³/mol. The largest absolute Gasteiger partial charge is 0.348 e. The highest BCUT2D eigenvalue weighted by Gasteiger charge is 2.44. The fourth-order valence-electron chi connectivity index (χ4n) is 3.78. The topological polar surface area (TPSA) is 114 Å². The first-order valence-corrected chi connectivity index (χ1v) is 10.2. The number of hydrogen-bond acceptors (Lipinski definition) is 7. The van der Waals surface area contributed by atoms with Gasteiger partial charge in [-0.25, -0.2) is 14.6 Å². The fourth-order valence-corrected chi connectivity index (χ4v) is 3.78. The summed E-state index contributed by atoms with van der Waals surface area (Å²) in [6.07, 6.45) is 5.32. The molecule has 0 unspecified atom stereocenters. The minimum Gasteiger partial charge on any atom is -0.348 e. The Balaban J connectivity index is 1.51. The van der Waals surface area contributed by atoms with Crippen LogP contribution >= 0.6 is 0 Å². The molecule has 0 bridgehead atoms. The Kier molecular flexibility index (Phi) is 5.75. The highest BCUT2D eigenvalue weighted by Crippen LogP contribution is 2.30. The number of carbonyl (C=O) groups is 2. The standard InChI is InChI=1S/C22H24N6O3/c1-15-18(27-31-26-15)14-25-21(30)22(2)10-6-7-11-28(22)20(29)17-12-23-19(24-13-17)16-8-4-3-5-9-16/h3-5,8-9,12-13H,6-7,10-11,14H2,1-2H3,(H,25,30)/t22-/m0/s1. The van der Waals surface area contributed by atoms with Crippen molar-refractivity contribution in [3.8, 4) is 11.4 Å². The van der Waals surface area contributed by atoms with E-state index < -0.39 is 5.54 Å². The van der Waals surface area contributed by atoms with Gasteiger partial charge in [-0.3, -0.25) is 9.59 Å². The van der Waals surface area contributed by atoms with E-state index >= 15 is 0 Å². The van der Waals surface area contributed by atoms with Crippen molar-refractivity contribution < 1.29 is 14.2 Å². The van der Waals surface area contributed by atoms with Crippen LogP contribution < -0.4 is 5.32 Å². The number of aromatic nitrogens is 4. The number of aryl methyl sites for hydroxylation is 1. The van der Waals surface area contributed by atoms with Crippen LogP contribution in [0.3, 0.4) is 0 Å². The third-order valence-electron chi connectivity index (χ3n) is 5.72. The van der Waals surface area contributed by atoms with Gasteiger partial charge in [-0.2, -0.15) is 0 Å². The van der Waals surface area contributed by atoms with Gasteiger partial charge in [-0.15, -0.1) is 0 Å². The first-order valence-electron chi connectivity index (χ1n) is 10.2. The molecule has 9 nitrogen and oxygen atoms in total. The first kappa shape index (κ1) is 20.6. The van der Waals surface area contributed by atoms with Gasteiger partial charge in [-0.05, 0) is 33.1 Å². The van der Waals surface area contributed by atoms with Crippen molar-refractivity contribution in [1.29, 1.82) is 0 Å². The van der Waals surface area contributed by atoms with E-state index in [0.29, 0.717) is 35.7 Å². The number of amides is 2. The second kappa shape index (κ2) is 8.63. The molecule has 160 valence electrons. The molecule has 2 aromatic heterocycles. The summed E-state index contributed by atoms with van der Waals surface area (Å²) in [7, 11) is 0. The summed E-state index contributed by atoms with van der Waals surface area (Å²) in [6, 6.07) is 9.56. The van der Waals surface area contributed by atoms with Gasteiger partial charge < -0.3 is 10.2 Å². The number of likely N-dealkylation sites (tertiary alicyclic amines) is 1. The summed E-state index contributed by atoms with van der Waals surface area (Å²) in [5, 5.41) is 10.4. The zero-order chi connectivity index (χ0) is 21.8. The van der Waals surface area contributed by atoms with Crippen molar-refractivity contribution in [2.75, 3.05) is 6.54 Å². The molecule has 1 atom stereocenters. The molecule has 1 aliphatic heterocycles. The number of hydrogen-bond donors (Lipinski definition) is 1. The minimum atomic E-state index is -0.974. The van der Waals surface area contributed by atoms with Gasteiger partial charge in [-0.1, -0.05) is 40.6 Å². The monoisotopic (exact) mass is 420 g/mol. The average molecular weight is 420 g/mol. The Morgan fingerprint density at radius 2 is 1.87 bits per heavy atom. The number of rotatable bonds is 5. The molecule has 1 aliphatic rings. The van der Waals surface area contributed by atoms with E-state index in [2.05, 4.69) is 30.2 Å². The lowest BCUT2D eigenvalue weighted by molar-refractivity contribution is -0.133. The van der Waals surface area contributed by atoms with Crippen molar-refractivity contribution >= 4 is 11.8 Å². The molecule has 3 heterocycles. The SMILES string of the molecule is Cc1nonc1CNC(=O)[C@]1(C)CCCCN1C(=O)c1cnc(-c2ccccc2)nc1. The van der Waals surface area contributed by atoms with Gasteiger partial charge in [0.1, 0.15) is 16.9 Å². The molecule has 0 aliphatic carbocycles. The lowest BCUT2D eigenvalue weighted by Crippen LogP contribution is -2.60. The molecule has 1 saturated heterocycles. The number of benzene rings is 1. The number of nitrogens with zero attached hydrogens (tertiary/aromatic N) is 5. The molecule has 31 heavy (non-hydrogen) atoms. The van der Waals surface area contributed by atoms with Gasteiger partial charge in [0.15, 0.2) is 5.82 Å². The summed E-state index contributed by atoms with van der Waals surface area (Å²) >= 11 is 0. The van der Waals surface area contributed by atoms with E-state index in [1.54, 1.807) is 18.7 Å². The molecule has 1 aromatic carbocycles. The molecule has 9 heteroatoms. The Labute approximate surface area is 179 Å². The number of nitrogens with one attached hydrogen (secondary N) is 1. The molecular weight excluding hydrogens is 396 g/mol. The maximum absolute atomic E-state index is 13.3. The Morgan fingerprint density at radius 1 is 1.13 bits per heavy atom. The van der Waals surface area contributed by atoms with Crippen molar-refractivity contribution in [2.24, 2.45) is 0 Å². The Bertz CT molecular complexity index is 1070. The van der Waals surface area contributed by atoms with E-state index in [9.17, 15) is 9.59 Å².